The molecule has 2 saturated heterocycles. The van der Waals surface area contributed by atoms with Crippen LogP contribution in [0.5, 0.6) is 5.75 Å². The van der Waals surface area contributed by atoms with Gasteiger partial charge in [0.2, 0.25) is 0 Å². The zero-order valence-corrected chi connectivity index (χ0v) is 21.0. The van der Waals surface area contributed by atoms with Gasteiger partial charge in [-0.3, -0.25) is 9.88 Å². The van der Waals surface area contributed by atoms with Crippen LogP contribution in [0.2, 0.25) is 0 Å². The molecule has 2 aliphatic rings. The van der Waals surface area contributed by atoms with E-state index in [-0.39, 0.29) is 0 Å². The summed E-state index contributed by atoms with van der Waals surface area (Å²) in [6.07, 6.45) is 1.83. The van der Waals surface area contributed by atoms with E-state index in [2.05, 4.69) is 67.4 Å². The quantitative estimate of drug-likeness (QED) is 0.320. The van der Waals surface area contributed by atoms with Crippen LogP contribution in [0.15, 0.2) is 48.7 Å². The predicted molar refractivity (Wildman–Crippen MR) is 142 cm³/mol. The second kappa shape index (κ2) is 12.0. The number of morpholine rings is 1. The third kappa shape index (κ3) is 6.71. The number of hydrogen-bond donors (Lipinski definition) is 3. The van der Waals surface area contributed by atoms with Crippen molar-refractivity contribution in [3.8, 4) is 5.75 Å². The van der Waals surface area contributed by atoms with Crippen LogP contribution in [0.1, 0.15) is 5.56 Å². The second-order valence-corrected chi connectivity index (χ2v) is 10.2. The summed E-state index contributed by atoms with van der Waals surface area (Å²) >= 11 is 4.30. The number of anilines is 2. The van der Waals surface area contributed by atoms with Crippen molar-refractivity contribution in [2.45, 2.75) is 6.54 Å². The van der Waals surface area contributed by atoms with E-state index in [1.807, 2.05) is 30.1 Å². The first-order chi connectivity index (χ1) is 15.7. The number of benzene rings is 2. The van der Waals surface area contributed by atoms with Crippen molar-refractivity contribution in [1.29, 1.82) is 0 Å². The van der Waals surface area contributed by atoms with E-state index in [1.165, 1.54) is 15.1 Å². The molecule has 2 fully saturated rings. The van der Waals surface area contributed by atoms with E-state index in [9.17, 15) is 5.11 Å². The molecule has 0 bridgehead atoms. The van der Waals surface area contributed by atoms with Gasteiger partial charge in [-0.15, -0.1) is 0 Å². The van der Waals surface area contributed by atoms with Gasteiger partial charge in [-0.2, -0.15) is 11.8 Å². The summed E-state index contributed by atoms with van der Waals surface area (Å²) in [5.41, 5.74) is 3.95. The fourth-order valence-corrected chi connectivity index (χ4v) is 5.15. The summed E-state index contributed by atoms with van der Waals surface area (Å²) in [6.45, 7) is 6.78. The molecule has 0 aliphatic carbocycles. The Hall–Kier alpha value is -1.59. The molecule has 170 valence electrons. The summed E-state index contributed by atoms with van der Waals surface area (Å²) in [6, 6.07) is 14.0. The Morgan fingerprint density at radius 3 is 2.62 bits per heavy atom. The maximum atomic E-state index is 10.3. The van der Waals surface area contributed by atoms with Crippen molar-refractivity contribution in [2.75, 3.05) is 56.2 Å². The lowest BCUT2D eigenvalue weighted by molar-refractivity contribution is 0.109. The Kier molecular flexibility index (Phi) is 8.86. The molecule has 0 saturated carbocycles. The van der Waals surface area contributed by atoms with Crippen LogP contribution < -0.4 is 10.6 Å². The molecule has 5 rings (SSSR count). The minimum absolute atomic E-state index is 0.364. The molecule has 32 heavy (non-hydrogen) atoms. The van der Waals surface area contributed by atoms with Crippen LogP contribution in [0.25, 0.3) is 10.9 Å². The largest absolute Gasteiger partial charge is 0.508 e. The van der Waals surface area contributed by atoms with Gasteiger partial charge in [-0.25, -0.2) is 0 Å². The van der Waals surface area contributed by atoms with Gasteiger partial charge >= 0.3 is 0 Å². The van der Waals surface area contributed by atoms with Crippen LogP contribution in [-0.2, 0) is 11.3 Å². The Morgan fingerprint density at radius 2 is 1.91 bits per heavy atom. The first kappa shape index (κ1) is 23.6. The number of pyridine rings is 1. The highest BCUT2D eigenvalue weighted by atomic mass is 127. The van der Waals surface area contributed by atoms with E-state index in [0.717, 1.165) is 73.8 Å². The van der Waals surface area contributed by atoms with Gasteiger partial charge in [0.25, 0.3) is 0 Å². The molecule has 0 radical (unpaired) electrons. The van der Waals surface area contributed by atoms with Gasteiger partial charge in [-0.1, -0.05) is 0 Å². The van der Waals surface area contributed by atoms with Gasteiger partial charge in [0, 0.05) is 76.3 Å². The lowest BCUT2D eigenvalue weighted by atomic mass is 10.1. The average Bonchev–Trinajstić information content (AvgIpc) is 2.83. The maximum Gasteiger partial charge on any atom is 0.120 e. The average molecular weight is 564 g/mol. The molecule has 3 heterocycles. The van der Waals surface area contributed by atoms with E-state index in [4.69, 9.17) is 4.74 Å². The van der Waals surface area contributed by atoms with Crippen LogP contribution in [0, 0.1) is 3.57 Å². The lowest BCUT2D eigenvalue weighted by Gasteiger charge is -2.26. The Balaban J connectivity index is 0.000000354. The number of phenols is 1. The number of thioether (sulfide) groups is 1. The van der Waals surface area contributed by atoms with E-state index in [1.54, 1.807) is 6.07 Å². The molecule has 0 unspecified atom stereocenters. The molecular formula is C24H29IN4O2S. The normalized spacial score (nSPS) is 16.9. The summed E-state index contributed by atoms with van der Waals surface area (Å²) in [4.78, 5) is 6.86. The summed E-state index contributed by atoms with van der Waals surface area (Å²) in [5.74, 6) is 2.70. The highest BCUT2D eigenvalue weighted by molar-refractivity contribution is 14.1. The molecular weight excluding hydrogens is 535 g/mol. The molecule has 6 nitrogen and oxygen atoms in total. The Bertz CT molecular complexity index is 1010. The zero-order chi connectivity index (χ0) is 22.2. The minimum atomic E-state index is 0.364. The smallest absolute Gasteiger partial charge is 0.120 e. The number of hydrogen-bond acceptors (Lipinski definition) is 7. The minimum Gasteiger partial charge on any atom is -0.508 e. The van der Waals surface area contributed by atoms with Crippen molar-refractivity contribution in [3.05, 3.63) is 57.8 Å². The summed E-state index contributed by atoms with van der Waals surface area (Å²) < 4.78 is 6.18. The van der Waals surface area contributed by atoms with Crippen molar-refractivity contribution >= 4 is 56.6 Å². The highest BCUT2D eigenvalue weighted by Crippen LogP contribution is 2.29. The standard InChI is InChI=1S/C20H20IN3OS.C4H9NO/c21-15-1-3-17-18(5-6-22-19(17)12-15)23-16-2-4-20(25)14(11-16)13-24-7-9-26-10-8-24;1-3-6-4-2-5-1/h1-6,11-12,25H,7-10,13H2,(H,22,23);5H,1-4H2. The Labute approximate surface area is 207 Å². The van der Waals surface area contributed by atoms with Crippen LogP contribution >= 0.6 is 34.4 Å². The molecule has 2 aliphatic heterocycles. The summed E-state index contributed by atoms with van der Waals surface area (Å²) in [7, 11) is 0. The van der Waals surface area contributed by atoms with Gasteiger partial charge in [0.15, 0.2) is 0 Å². The number of phenolic OH excluding ortho intramolecular Hbond substituents is 1. The van der Waals surface area contributed by atoms with Crippen molar-refractivity contribution in [1.82, 2.24) is 15.2 Å². The molecule has 0 amide bonds. The van der Waals surface area contributed by atoms with Gasteiger partial charge in [-0.05, 0) is 65.1 Å². The van der Waals surface area contributed by atoms with Gasteiger partial charge in [0.1, 0.15) is 5.75 Å². The molecule has 3 aromatic rings. The topological polar surface area (TPSA) is 69.6 Å². The number of aromatic nitrogens is 1. The zero-order valence-electron chi connectivity index (χ0n) is 18.0. The summed E-state index contributed by atoms with van der Waals surface area (Å²) in [5, 5.41) is 18.0. The SMILES string of the molecule is C1COCCN1.Oc1ccc(Nc2ccnc3cc(I)ccc23)cc1CN1CCSCC1. The highest BCUT2D eigenvalue weighted by Gasteiger charge is 2.13. The van der Waals surface area contributed by atoms with Crippen molar-refractivity contribution in [2.24, 2.45) is 0 Å². The third-order valence-electron chi connectivity index (χ3n) is 5.41. The van der Waals surface area contributed by atoms with Crippen LogP contribution in [-0.4, -0.2) is 65.9 Å². The fourth-order valence-electron chi connectivity index (χ4n) is 3.69. The molecule has 0 atom stereocenters. The molecule has 2 aromatic carbocycles. The number of halogens is 1. The van der Waals surface area contributed by atoms with Gasteiger partial charge in [0.05, 0.1) is 18.7 Å². The number of aromatic hydroxyl groups is 1. The first-order valence-corrected chi connectivity index (χ1v) is 13.1. The second-order valence-electron chi connectivity index (χ2n) is 7.74. The third-order valence-corrected chi connectivity index (χ3v) is 7.02. The van der Waals surface area contributed by atoms with Crippen molar-refractivity contribution < 1.29 is 9.84 Å². The maximum absolute atomic E-state index is 10.3. The van der Waals surface area contributed by atoms with Crippen LogP contribution in [0.3, 0.4) is 0 Å². The van der Waals surface area contributed by atoms with E-state index in [0.29, 0.717) is 5.75 Å². The lowest BCUT2D eigenvalue weighted by Crippen LogP contribution is -2.31. The fraction of sp³-hybridized carbons (Fsp3) is 0.375. The number of nitrogens with zero attached hydrogens (tertiary/aromatic N) is 2. The number of nitrogens with one attached hydrogen (secondary N) is 2. The number of ether oxygens (including phenoxy) is 1. The van der Waals surface area contributed by atoms with Gasteiger partial charge < -0.3 is 20.5 Å². The number of fused-ring (bicyclic) bond motifs is 1. The van der Waals surface area contributed by atoms with Crippen molar-refractivity contribution in [3.63, 3.8) is 0 Å². The Morgan fingerprint density at radius 1 is 1.09 bits per heavy atom. The predicted octanol–water partition coefficient (Wildman–Crippen LogP) is 4.44. The molecule has 1 aromatic heterocycles. The monoisotopic (exact) mass is 564 g/mol. The van der Waals surface area contributed by atoms with E-state index >= 15 is 0 Å². The first-order valence-electron chi connectivity index (χ1n) is 10.9. The number of rotatable bonds is 4. The molecule has 0 spiro atoms. The molecule has 3 N–H and O–H groups in total. The van der Waals surface area contributed by atoms with Crippen LogP contribution in [0.4, 0.5) is 11.4 Å². The van der Waals surface area contributed by atoms with E-state index < -0.39 is 0 Å². The molecule has 8 heteroatoms.